The average Bonchev–Trinajstić information content (AvgIpc) is 2.65. The molecule has 0 aliphatic heterocycles. The van der Waals surface area contributed by atoms with E-state index in [4.69, 9.17) is 9.47 Å². The number of ether oxygens (including phenoxy) is 2. The predicted octanol–water partition coefficient (Wildman–Crippen LogP) is 3.03. The fourth-order valence-corrected chi connectivity index (χ4v) is 2.33. The Hall–Kier alpha value is -3.02. The molecule has 0 saturated carbocycles. The Bertz CT molecular complexity index is 803. The smallest absolute Gasteiger partial charge is 0.276 e. The minimum absolute atomic E-state index is 0.193. The van der Waals surface area contributed by atoms with Crippen molar-refractivity contribution >= 4 is 11.8 Å². The first-order chi connectivity index (χ1) is 12.8. The van der Waals surface area contributed by atoms with E-state index < -0.39 is 11.8 Å². The highest BCUT2D eigenvalue weighted by Gasteiger charge is 2.08. The summed E-state index contributed by atoms with van der Waals surface area (Å²) in [7, 11) is 0. The number of hydrogen-bond acceptors (Lipinski definition) is 4. The summed E-state index contributed by atoms with van der Waals surface area (Å²) in [4.78, 5) is 23.6. The quantitative estimate of drug-likeness (QED) is 0.735. The third-order valence-corrected chi connectivity index (χ3v) is 3.94. The second-order valence-electron chi connectivity index (χ2n) is 6.67. The number of rotatable bonds is 7. The van der Waals surface area contributed by atoms with Crippen molar-refractivity contribution in [1.29, 1.82) is 0 Å². The first kappa shape index (κ1) is 20.3. The summed E-state index contributed by atoms with van der Waals surface area (Å²) in [6.07, 6.45) is 0. The van der Waals surface area contributed by atoms with E-state index in [0.29, 0.717) is 17.4 Å². The highest BCUT2D eigenvalue weighted by atomic mass is 16.5. The number of aryl methyl sites for hydroxylation is 2. The lowest BCUT2D eigenvalue weighted by atomic mass is 10.0. The molecule has 0 aliphatic carbocycles. The second kappa shape index (κ2) is 9.62. The zero-order valence-electron chi connectivity index (χ0n) is 16.2. The lowest BCUT2D eigenvalue weighted by molar-refractivity contribution is -0.131. The highest BCUT2D eigenvalue weighted by molar-refractivity contribution is 5.83. The summed E-state index contributed by atoms with van der Waals surface area (Å²) in [5.41, 5.74) is 7.73. The van der Waals surface area contributed by atoms with Crippen molar-refractivity contribution in [2.75, 3.05) is 13.2 Å². The fourth-order valence-electron chi connectivity index (χ4n) is 2.33. The van der Waals surface area contributed by atoms with Gasteiger partial charge in [-0.1, -0.05) is 38.1 Å². The minimum Gasteiger partial charge on any atom is -0.484 e. The van der Waals surface area contributed by atoms with Crippen molar-refractivity contribution in [1.82, 2.24) is 10.9 Å². The Balaban J connectivity index is 1.72. The molecular weight excluding hydrogens is 344 g/mol. The number of nitrogens with one attached hydrogen (secondary N) is 2. The van der Waals surface area contributed by atoms with Crippen LogP contribution >= 0.6 is 0 Å². The van der Waals surface area contributed by atoms with Gasteiger partial charge >= 0.3 is 0 Å². The van der Waals surface area contributed by atoms with Crippen LogP contribution in [0, 0.1) is 13.8 Å². The molecule has 0 aromatic heterocycles. The van der Waals surface area contributed by atoms with Crippen molar-refractivity contribution in [3.05, 3.63) is 59.2 Å². The van der Waals surface area contributed by atoms with Gasteiger partial charge in [0.1, 0.15) is 11.5 Å². The number of carbonyl (C=O) groups excluding carboxylic acids is 2. The number of amides is 2. The molecule has 0 radical (unpaired) electrons. The largest absolute Gasteiger partial charge is 0.484 e. The molecule has 2 N–H and O–H groups in total. The van der Waals surface area contributed by atoms with Gasteiger partial charge in [-0.25, -0.2) is 0 Å². The molecule has 0 spiro atoms. The number of carbonyl (C=O) groups is 2. The molecule has 27 heavy (non-hydrogen) atoms. The standard InChI is InChI=1S/C21H26N2O4/c1-14(2)17-6-5-7-18(11-17)26-12-20(24)22-23-21(25)13-27-19-10-15(3)8-9-16(19)4/h5-11,14H,12-13H2,1-4H3,(H,22,24)(H,23,25). The molecule has 2 amide bonds. The summed E-state index contributed by atoms with van der Waals surface area (Å²) in [6, 6.07) is 13.3. The van der Waals surface area contributed by atoms with Crippen LogP contribution in [0.4, 0.5) is 0 Å². The van der Waals surface area contributed by atoms with Crippen LogP contribution in [0.25, 0.3) is 0 Å². The molecule has 2 aromatic rings. The third-order valence-electron chi connectivity index (χ3n) is 3.94. The Kier molecular flexibility index (Phi) is 7.23. The average molecular weight is 370 g/mol. The van der Waals surface area contributed by atoms with Crippen LogP contribution in [0.5, 0.6) is 11.5 Å². The van der Waals surface area contributed by atoms with Crippen LogP contribution < -0.4 is 20.3 Å². The number of hydrogen-bond donors (Lipinski definition) is 2. The molecule has 0 aliphatic rings. The maximum absolute atomic E-state index is 11.8. The Morgan fingerprint density at radius 2 is 1.59 bits per heavy atom. The van der Waals surface area contributed by atoms with E-state index in [1.165, 1.54) is 0 Å². The van der Waals surface area contributed by atoms with Gasteiger partial charge in [0.05, 0.1) is 0 Å². The maximum Gasteiger partial charge on any atom is 0.276 e. The van der Waals surface area contributed by atoms with E-state index in [0.717, 1.165) is 16.7 Å². The lowest BCUT2D eigenvalue weighted by Gasteiger charge is -2.12. The molecule has 0 heterocycles. The van der Waals surface area contributed by atoms with Gasteiger partial charge in [-0.15, -0.1) is 0 Å². The van der Waals surface area contributed by atoms with Gasteiger partial charge in [-0.3, -0.25) is 20.4 Å². The molecule has 0 bridgehead atoms. The van der Waals surface area contributed by atoms with Crippen molar-refractivity contribution < 1.29 is 19.1 Å². The maximum atomic E-state index is 11.8. The van der Waals surface area contributed by atoms with Crippen LogP contribution in [0.3, 0.4) is 0 Å². The van der Waals surface area contributed by atoms with Gasteiger partial charge in [0.25, 0.3) is 11.8 Å². The van der Waals surface area contributed by atoms with Crippen molar-refractivity contribution in [3.8, 4) is 11.5 Å². The molecule has 0 fully saturated rings. The van der Waals surface area contributed by atoms with Gasteiger partial charge in [0.2, 0.25) is 0 Å². The monoisotopic (exact) mass is 370 g/mol. The molecule has 6 heteroatoms. The number of benzene rings is 2. The van der Waals surface area contributed by atoms with E-state index in [2.05, 4.69) is 24.7 Å². The van der Waals surface area contributed by atoms with E-state index in [1.54, 1.807) is 6.07 Å². The highest BCUT2D eigenvalue weighted by Crippen LogP contribution is 2.20. The first-order valence-corrected chi connectivity index (χ1v) is 8.85. The van der Waals surface area contributed by atoms with Crippen LogP contribution in [0.15, 0.2) is 42.5 Å². The van der Waals surface area contributed by atoms with Gasteiger partial charge in [0.15, 0.2) is 13.2 Å². The third kappa shape index (κ3) is 6.66. The second-order valence-corrected chi connectivity index (χ2v) is 6.67. The van der Waals surface area contributed by atoms with Gasteiger partial charge in [-0.05, 0) is 54.7 Å². The van der Waals surface area contributed by atoms with E-state index in [1.807, 2.05) is 50.2 Å². The Labute approximate surface area is 159 Å². The summed E-state index contributed by atoms with van der Waals surface area (Å²) in [6.45, 7) is 7.63. The van der Waals surface area contributed by atoms with Crippen molar-refractivity contribution in [2.45, 2.75) is 33.6 Å². The first-order valence-electron chi connectivity index (χ1n) is 8.85. The van der Waals surface area contributed by atoms with E-state index in [-0.39, 0.29) is 13.2 Å². The SMILES string of the molecule is Cc1ccc(C)c(OCC(=O)NNC(=O)COc2cccc(C(C)C)c2)c1. The van der Waals surface area contributed by atoms with Gasteiger partial charge in [-0.2, -0.15) is 0 Å². The Morgan fingerprint density at radius 1 is 0.926 bits per heavy atom. The van der Waals surface area contributed by atoms with E-state index >= 15 is 0 Å². The normalized spacial score (nSPS) is 10.4. The minimum atomic E-state index is -0.454. The van der Waals surface area contributed by atoms with Crippen LogP contribution in [-0.2, 0) is 9.59 Å². The van der Waals surface area contributed by atoms with E-state index in [9.17, 15) is 9.59 Å². The van der Waals surface area contributed by atoms with Crippen molar-refractivity contribution in [3.63, 3.8) is 0 Å². The van der Waals surface area contributed by atoms with Crippen LogP contribution in [0.2, 0.25) is 0 Å². The summed E-state index contributed by atoms with van der Waals surface area (Å²) in [5, 5.41) is 0. The molecule has 144 valence electrons. The predicted molar refractivity (Wildman–Crippen MR) is 104 cm³/mol. The zero-order valence-corrected chi connectivity index (χ0v) is 16.2. The Morgan fingerprint density at radius 3 is 2.26 bits per heavy atom. The fraction of sp³-hybridized carbons (Fsp3) is 0.333. The molecule has 6 nitrogen and oxygen atoms in total. The summed E-state index contributed by atoms with van der Waals surface area (Å²) >= 11 is 0. The van der Waals surface area contributed by atoms with Crippen LogP contribution in [0.1, 0.15) is 36.5 Å². The topological polar surface area (TPSA) is 76.7 Å². The number of hydrazine groups is 1. The lowest BCUT2D eigenvalue weighted by Crippen LogP contribution is -2.45. The van der Waals surface area contributed by atoms with Crippen molar-refractivity contribution in [2.24, 2.45) is 0 Å². The molecule has 0 saturated heterocycles. The molecule has 0 unspecified atom stereocenters. The van der Waals surface area contributed by atoms with Gasteiger partial charge in [0, 0.05) is 0 Å². The summed E-state index contributed by atoms with van der Waals surface area (Å²) < 4.78 is 10.9. The molecule has 0 atom stereocenters. The molecular formula is C21H26N2O4. The summed E-state index contributed by atoms with van der Waals surface area (Å²) in [5.74, 6) is 0.723. The van der Waals surface area contributed by atoms with Gasteiger partial charge < -0.3 is 9.47 Å². The van der Waals surface area contributed by atoms with Crippen LogP contribution in [-0.4, -0.2) is 25.0 Å². The molecule has 2 rings (SSSR count). The zero-order chi connectivity index (χ0) is 19.8. The molecule has 2 aromatic carbocycles.